The third-order valence-electron chi connectivity index (χ3n) is 12.7. The van der Waals surface area contributed by atoms with Gasteiger partial charge in [0.2, 0.25) is 0 Å². The maximum atomic E-state index is 15.2. The molecule has 4 aromatic rings. The largest absolute Gasteiger partial charge is 0.497 e. The van der Waals surface area contributed by atoms with Gasteiger partial charge in [0.15, 0.2) is 5.60 Å². The van der Waals surface area contributed by atoms with E-state index in [4.69, 9.17) is 9.47 Å². The molecule has 2 amide bonds. The first-order valence-corrected chi connectivity index (χ1v) is 22.9. The van der Waals surface area contributed by atoms with Crippen LogP contribution in [-0.2, 0) is 26.5 Å². The van der Waals surface area contributed by atoms with Crippen molar-refractivity contribution in [3.63, 3.8) is 0 Å². The van der Waals surface area contributed by atoms with Gasteiger partial charge in [0.25, 0.3) is 11.8 Å². The number of amides is 2. The molecule has 4 aromatic carbocycles. The van der Waals surface area contributed by atoms with Crippen molar-refractivity contribution in [2.45, 2.75) is 68.6 Å². The number of carbonyl (C=O) groups excluding carboxylic acids is 2. The quantitative estimate of drug-likeness (QED) is 0.186. The molecule has 0 aromatic heterocycles. The van der Waals surface area contributed by atoms with Crippen LogP contribution in [0.25, 0.3) is 0 Å². The molecule has 4 atom stereocenters. The molecule has 0 unspecified atom stereocenters. The number of fused-ring (bicyclic) bond motifs is 2. The van der Waals surface area contributed by atoms with E-state index in [0.29, 0.717) is 19.6 Å². The number of rotatable bonds is 9. The number of benzene rings is 4. The molecular formula is C43H49BrN4O5Si. The molecule has 54 heavy (non-hydrogen) atoms. The molecule has 11 heteroatoms. The van der Waals surface area contributed by atoms with Gasteiger partial charge in [0.1, 0.15) is 11.3 Å². The lowest BCUT2D eigenvalue weighted by Gasteiger charge is -2.39. The van der Waals surface area contributed by atoms with E-state index < -0.39 is 19.2 Å². The lowest BCUT2D eigenvalue weighted by atomic mass is 9.82. The zero-order valence-corrected chi connectivity index (χ0v) is 34.0. The minimum atomic E-state index is -2.30. The van der Waals surface area contributed by atoms with Crippen LogP contribution >= 0.6 is 15.9 Å². The molecule has 0 aliphatic carbocycles. The first-order chi connectivity index (χ1) is 26.0. The Morgan fingerprint density at radius 3 is 2.35 bits per heavy atom. The summed E-state index contributed by atoms with van der Waals surface area (Å²) in [4.78, 5) is 35.7. The van der Waals surface area contributed by atoms with Crippen LogP contribution in [0.4, 0.5) is 17.1 Å². The minimum absolute atomic E-state index is 0.0260. The average Bonchev–Trinajstić information content (AvgIpc) is 3.73. The van der Waals surface area contributed by atoms with Crippen LogP contribution in [0, 0.1) is 5.92 Å². The van der Waals surface area contributed by atoms with Crippen LogP contribution in [0.1, 0.15) is 37.3 Å². The molecule has 8 rings (SSSR count). The fraction of sp³-hybridized carbons (Fsp3) is 0.395. The van der Waals surface area contributed by atoms with Gasteiger partial charge in [-0.2, -0.15) is 0 Å². The van der Waals surface area contributed by atoms with Crippen molar-refractivity contribution in [2.24, 2.45) is 5.92 Å². The number of ether oxygens (including phenoxy) is 2. The average molecular weight is 810 g/mol. The van der Waals surface area contributed by atoms with Crippen molar-refractivity contribution in [1.82, 2.24) is 5.32 Å². The molecule has 9 nitrogen and oxygen atoms in total. The number of anilines is 3. The Bertz CT molecular complexity index is 2040. The number of hydrogen-bond acceptors (Lipinski definition) is 7. The molecule has 2 N–H and O–H groups in total. The molecule has 0 bridgehead atoms. The van der Waals surface area contributed by atoms with Crippen molar-refractivity contribution >= 4 is 58.1 Å². The Morgan fingerprint density at radius 1 is 0.926 bits per heavy atom. The highest BCUT2D eigenvalue weighted by Crippen LogP contribution is 2.60. The zero-order valence-electron chi connectivity index (χ0n) is 31.4. The van der Waals surface area contributed by atoms with Gasteiger partial charge in [-0.25, -0.2) is 0 Å². The van der Waals surface area contributed by atoms with Gasteiger partial charge < -0.3 is 29.7 Å². The van der Waals surface area contributed by atoms with Crippen LogP contribution in [0.3, 0.4) is 0 Å². The van der Waals surface area contributed by atoms with E-state index in [0.717, 1.165) is 64.3 Å². The topological polar surface area (TPSA) is 94.6 Å². The van der Waals surface area contributed by atoms with Crippen LogP contribution in [0.2, 0.25) is 18.6 Å². The smallest absolute Gasteiger partial charge is 0.264 e. The van der Waals surface area contributed by atoms with E-state index in [1.165, 1.54) is 5.19 Å². The Hall–Kier alpha value is -4.00. The van der Waals surface area contributed by atoms with Crippen LogP contribution in [-0.4, -0.2) is 70.1 Å². The summed E-state index contributed by atoms with van der Waals surface area (Å²) in [5, 5.41) is 15.0. The Morgan fingerprint density at radius 2 is 1.65 bits per heavy atom. The summed E-state index contributed by atoms with van der Waals surface area (Å²) < 4.78 is 13.4. The number of para-hydroxylation sites is 1. The Kier molecular flexibility index (Phi) is 9.75. The summed E-state index contributed by atoms with van der Waals surface area (Å²) in [5.74, 6) is 0.677. The number of hydrogen-bond donors (Lipinski definition) is 2. The molecule has 2 spiro atoms. The molecule has 3 fully saturated rings. The first-order valence-electron chi connectivity index (χ1n) is 19.0. The summed E-state index contributed by atoms with van der Waals surface area (Å²) in [6.45, 7) is 9.20. The van der Waals surface area contributed by atoms with Gasteiger partial charge in [-0.15, -0.1) is 0 Å². The fourth-order valence-electron chi connectivity index (χ4n) is 10.0. The Labute approximate surface area is 327 Å². The zero-order chi connectivity index (χ0) is 37.8. The summed E-state index contributed by atoms with van der Waals surface area (Å²) in [6.07, 6.45) is 1.62. The van der Waals surface area contributed by atoms with Crippen LogP contribution in [0.15, 0.2) is 102 Å². The number of carbonyl (C=O) groups is 2. The maximum absolute atomic E-state index is 15.2. The molecule has 0 saturated carbocycles. The molecule has 4 aliphatic heterocycles. The molecule has 282 valence electrons. The fourth-order valence-corrected chi connectivity index (χ4v) is 14.4. The van der Waals surface area contributed by atoms with Crippen LogP contribution < -0.4 is 29.9 Å². The van der Waals surface area contributed by atoms with Gasteiger partial charge in [-0.1, -0.05) is 83.6 Å². The van der Waals surface area contributed by atoms with Crippen LogP contribution in [0.5, 0.6) is 5.75 Å². The first kappa shape index (κ1) is 36.9. The molecule has 3 saturated heterocycles. The van der Waals surface area contributed by atoms with Crippen molar-refractivity contribution in [1.29, 1.82) is 0 Å². The lowest BCUT2D eigenvalue weighted by Crippen LogP contribution is -2.55. The van der Waals surface area contributed by atoms with Gasteiger partial charge in [0, 0.05) is 33.9 Å². The standard InChI is InChI=1S/C43H49BrN4O5Si/c1-29-39(54(3,4)35-16-14-34(52-2)15-17-35)38(19-24-49)53-43(29)36-26-31(44)13-18-37(36)46(41(43)51)27-30-9-8-12-33(25-30)47-28-48(32-10-6-5-7-11-32)42(40(47)50)20-22-45-23-21-42/h5-18,25-26,29,38-39,45,49H,19-24,27-28H2,1-4H3/t29-,38+,39-,43+/m1/s1. The minimum Gasteiger partial charge on any atom is -0.497 e. The number of nitrogens with zero attached hydrogens (tertiary/aromatic N) is 3. The second-order valence-corrected chi connectivity index (χ2v) is 21.4. The highest BCUT2D eigenvalue weighted by Gasteiger charge is 2.66. The van der Waals surface area contributed by atoms with Gasteiger partial charge in [-0.05, 0) is 98.1 Å². The van der Waals surface area contributed by atoms with Gasteiger partial charge >= 0.3 is 0 Å². The van der Waals surface area contributed by atoms with E-state index in [1.54, 1.807) is 7.11 Å². The number of methoxy groups -OCH3 is 1. The molecule has 0 radical (unpaired) electrons. The van der Waals surface area contributed by atoms with E-state index in [2.05, 4.69) is 76.5 Å². The molecule has 4 aliphatic rings. The number of halogens is 1. The second kappa shape index (κ2) is 14.3. The predicted molar refractivity (Wildman–Crippen MR) is 219 cm³/mol. The third kappa shape index (κ3) is 5.82. The predicted octanol–water partition coefficient (Wildman–Crippen LogP) is 6.54. The van der Waals surface area contributed by atoms with Crippen molar-refractivity contribution in [3.8, 4) is 5.75 Å². The summed E-state index contributed by atoms with van der Waals surface area (Å²) >= 11 is 3.70. The maximum Gasteiger partial charge on any atom is 0.264 e. The molecular weight excluding hydrogens is 760 g/mol. The highest BCUT2D eigenvalue weighted by atomic mass is 79.9. The van der Waals surface area contributed by atoms with Crippen molar-refractivity contribution in [2.75, 3.05) is 48.2 Å². The SMILES string of the molecule is COc1ccc([Si](C)(C)[C@H]2[C@H](CCO)O[C@@]3(C(=O)N(Cc4cccc(N5CN(c6ccccc6)C6(CCNCC6)C5=O)c4)c4ccc(Br)cc43)[C@@H]2C)cc1. The monoisotopic (exact) mass is 808 g/mol. The third-order valence-corrected chi connectivity index (χ3v) is 17.6. The van der Waals surface area contributed by atoms with Crippen molar-refractivity contribution in [3.05, 3.63) is 113 Å². The van der Waals surface area contributed by atoms with Gasteiger partial charge in [-0.3, -0.25) is 14.5 Å². The number of nitrogens with one attached hydrogen (secondary N) is 1. The van der Waals surface area contributed by atoms with E-state index in [9.17, 15) is 9.90 Å². The van der Waals surface area contributed by atoms with E-state index >= 15 is 4.79 Å². The number of piperidine rings is 1. The summed E-state index contributed by atoms with van der Waals surface area (Å²) in [5.41, 5.74) is 2.72. The number of aliphatic hydroxyl groups excluding tert-OH is 1. The van der Waals surface area contributed by atoms with E-state index in [-0.39, 0.29) is 36.0 Å². The summed E-state index contributed by atoms with van der Waals surface area (Å²) in [7, 11) is -0.624. The normalized spacial score (nSPS) is 24.9. The van der Waals surface area contributed by atoms with Gasteiger partial charge in [0.05, 0.1) is 40.2 Å². The van der Waals surface area contributed by atoms with E-state index in [1.807, 2.05) is 76.5 Å². The lowest BCUT2D eigenvalue weighted by molar-refractivity contribution is -0.146. The Balaban J connectivity index is 1.13. The highest BCUT2D eigenvalue weighted by molar-refractivity contribution is 9.10. The molecule has 4 heterocycles. The number of aliphatic hydroxyl groups is 1. The summed E-state index contributed by atoms with van der Waals surface area (Å²) in [6, 6.07) is 32.7. The second-order valence-electron chi connectivity index (χ2n) is 15.8. The van der Waals surface area contributed by atoms with Crippen molar-refractivity contribution < 1.29 is 24.2 Å².